The van der Waals surface area contributed by atoms with Crippen LogP contribution in [-0.4, -0.2) is 53.0 Å². The van der Waals surface area contributed by atoms with Crippen molar-refractivity contribution in [1.82, 2.24) is 23.7 Å². The van der Waals surface area contributed by atoms with Crippen LogP contribution < -0.4 is 5.76 Å². The second kappa shape index (κ2) is 8.02. The van der Waals surface area contributed by atoms with Crippen LogP contribution in [-0.2, 0) is 30.9 Å². The molecule has 0 amide bonds. The average molecular weight is 518 g/mol. The molecule has 0 saturated heterocycles. The van der Waals surface area contributed by atoms with Crippen LogP contribution in [0.5, 0.6) is 0 Å². The molecule has 174 valence electrons. The van der Waals surface area contributed by atoms with Gasteiger partial charge in [0.15, 0.2) is 17.3 Å². The van der Waals surface area contributed by atoms with Crippen LogP contribution in [0, 0.1) is 5.82 Å². The van der Waals surface area contributed by atoms with Gasteiger partial charge in [-0.15, -0.1) is 0 Å². The summed E-state index contributed by atoms with van der Waals surface area (Å²) in [6, 6.07) is 4.80. The van der Waals surface area contributed by atoms with Crippen LogP contribution >= 0.6 is 11.6 Å². The first-order valence-electron chi connectivity index (χ1n) is 8.82. The van der Waals surface area contributed by atoms with E-state index in [1.54, 1.807) is 0 Å². The lowest BCUT2D eigenvalue weighted by Gasteiger charge is -2.10. The Balaban J connectivity index is 2.02. The molecule has 0 unspecified atom stereocenters. The summed E-state index contributed by atoms with van der Waals surface area (Å²) >= 11 is 5.83. The van der Waals surface area contributed by atoms with Gasteiger partial charge in [-0.1, -0.05) is 16.8 Å². The second-order valence-corrected chi connectivity index (χ2v) is 10.6. The Hall–Kier alpha value is -3.14. The number of hydrogen-bond acceptors (Lipinski definition) is 10. The Morgan fingerprint density at radius 3 is 2.55 bits per heavy atom. The summed E-state index contributed by atoms with van der Waals surface area (Å²) in [6.07, 6.45) is 2.94. The lowest BCUT2D eigenvalue weighted by molar-refractivity contribution is 0.301. The van der Waals surface area contributed by atoms with Crippen LogP contribution in [0.15, 0.2) is 39.8 Å². The van der Waals surface area contributed by atoms with Crippen molar-refractivity contribution in [3.8, 4) is 17.1 Å². The third kappa shape index (κ3) is 4.39. The van der Waals surface area contributed by atoms with E-state index in [4.69, 9.17) is 20.3 Å². The van der Waals surface area contributed by atoms with Crippen molar-refractivity contribution in [1.29, 1.82) is 0 Å². The molecule has 0 aliphatic heterocycles. The van der Waals surface area contributed by atoms with Crippen LogP contribution in [0.3, 0.4) is 0 Å². The summed E-state index contributed by atoms with van der Waals surface area (Å²) in [4.78, 5) is 20.5. The highest BCUT2D eigenvalue weighted by atomic mass is 35.5. The molecule has 3 heterocycles. The molecule has 0 bridgehead atoms. The summed E-state index contributed by atoms with van der Waals surface area (Å²) in [7, 11) is -7.99. The maximum absolute atomic E-state index is 13.6. The topological polar surface area (TPSA) is 156 Å². The highest BCUT2D eigenvalue weighted by molar-refractivity contribution is 7.89. The van der Waals surface area contributed by atoms with Gasteiger partial charge in [0.05, 0.1) is 28.8 Å². The second-order valence-electron chi connectivity index (χ2n) is 6.76. The van der Waals surface area contributed by atoms with Gasteiger partial charge in [0.2, 0.25) is 10.0 Å². The highest BCUT2D eigenvalue weighted by Gasteiger charge is 2.26. The normalized spacial score (nSPS) is 12.5. The van der Waals surface area contributed by atoms with Crippen LogP contribution in [0.1, 0.15) is 5.82 Å². The van der Waals surface area contributed by atoms with Gasteiger partial charge in [-0.05, 0) is 24.3 Å². The summed E-state index contributed by atoms with van der Waals surface area (Å²) in [5, 5.41) is 3.46. The minimum atomic E-state index is -4.08. The van der Waals surface area contributed by atoms with E-state index in [9.17, 15) is 26.0 Å². The fraction of sp³-hybridized carbons (Fsp3) is 0.176. The Morgan fingerprint density at radius 1 is 1.18 bits per heavy atom. The van der Waals surface area contributed by atoms with E-state index in [0.717, 1.165) is 33.2 Å². The molecule has 0 aliphatic rings. The van der Waals surface area contributed by atoms with Crippen molar-refractivity contribution < 1.29 is 29.9 Å². The molecule has 0 spiro atoms. The molecule has 4 rings (SSSR count). The summed E-state index contributed by atoms with van der Waals surface area (Å²) < 4.78 is 72.8. The number of aromatic nitrogens is 5. The molecule has 0 radical (unpaired) electrons. The number of fused-ring (bicyclic) bond motifs is 1. The van der Waals surface area contributed by atoms with Gasteiger partial charge >= 0.3 is 5.76 Å². The van der Waals surface area contributed by atoms with Gasteiger partial charge in [0.1, 0.15) is 17.9 Å². The maximum atomic E-state index is 13.6. The molecule has 0 N–H and O–H groups in total. The Morgan fingerprint density at radius 2 is 1.91 bits per heavy atom. The van der Waals surface area contributed by atoms with Crippen molar-refractivity contribution in [3.63, 3.8) is 0 Å². The number of rotatable bonds is 6. The fourth-order valence-corrected chi connectivity index (χ4v) is 4.56. The van der Waals surface area contributed by atoms with Crippen LogP contribution in [0.2, 0.25) is 5.02 Å². The van der Waals surface area contributed by atoms with Gasteiger partial charge in [-0.3, -0.25) is 8.71 Å². The standard InChI is InChI=1S/C17H13ClFN5O7S2/c1-32(26,27)24-13(8-30-33(2,28)29)21-15-14(24)10(5-6-20-15)16-22-31-17(25)23(16)9-3-4-12(19)11(18)7-9/h3-7H,8H2,1-2H3. The Labute approximate surface area is 190 Å². The largest absolute Gasteiger partial charge is 0.446 e. The van der Waals surface area contributed by atoms with Crippen molar-refractivity contribution in [2.24, 2.45) is 0 Å². The zero-order valence-corrected chi connectivity index (χ0v) is 19.1. The molecule has 1 aromatic carbocycles. The number of nitrogens with zero attached hydrogens (tertiary/aromatic N) is 5. The molecule has 0 aliphatic carbocycles. The smallest absolute Gasteiger partial charge is 0.295 e. The monoisotopic (exact) mass is 517 g/mol. The number of pyridine rings is 1. The van der Waals surface area contributed by atoms with E-state index in [1.807, 2.05) is 0 Å². The van der Waals surface area contributed by atoms with Gasteiger partial charge in [-0.25, -0.2) is 36.1 Å². The summed E-state index contributed by atoms with van der Waals surface area (Å²) in [5.41, 5.74) is -0.0555. The Kier molecular flexibility index (Phi) is 5.60. The molecule has 4 aromatic rings. The van der Waals surface area contributed by atoms with Crippen LogP contribution in [0.4, 0.5) is 4.39 Å². The third-order valence-electron chi connectivity index (χ3n) is 4.32. The van der Waals surface area contributed by atoms with Gasteiger partial charge in [0, 0.05) is 6.20 Å². The minimum Gasteiger partial charge on any atom is -0.295 e. The zero-order chi connectivity index (χ0) is 24.1. The SMILES string of the molecule is CS(=O)(=O)OCc1nc2nccc(-c3noc(=O)n3-c3ccc(F)c(Cl)c3)c2n1S(C)(=O)=O. The van der Waals surface area contributed by atoms with E-state index in [1.165, 1.54) is 18.3 Å². The Bertz CT molecular complexity index is 1680. The third-order valence-corrected chi connectivity index (χ3v) is 6.21. The minimum absolute atomic E-state index is 0.0508. The van der Waals surface area contributed by atoms with Gasteiger partial charge < -0.3 is 0 Å². The zero-order valence-electron chi connectivity index (χ0n) is 16.8. The van der Waals surface area contributed by atoms with E-state index in [2.05, 4.69) is 15.1 Å². The van der Waals surface area contributed by atoms with E-state index < -0.39 is 38.3 Å². The van der Waals surface area contributed by atoms with Crippen LogP contribution in [0.25, 0.3) is 28.2 Å². The fourth-order valence-electron chi connectivity index (χ4n) is 3.08. The van der Waals surface area contributed by atoms with Crippen molar-refractivity contribution in [2.75, 3.05) is 12.5 Å². The predicted molar refractivity (Wildman–Crippen MR) is 113 cm³/mol. The predicted octanol–water partition coefficient (Wildman–Crippen LogP) is 1.31. The summed E-state index contributed by atoms with van der Waals surface area (Å²) in [6.45, 7) is -0.694. The molecule has 33 heavy (non-hydrogen) atoms. The molecule has 0 fully saturated rings. The number of benzene rings is 1. The number of imidazole rings is 1. The first kappa shape index (κ1) is 23.0. The highest BCUT2D eigenvalue weighted by Crippen LogP contribution is 2.30. The molecular formula is C17H13ClFN5O7S2. The number of hydrogen-bond donors (Lipinski definition) is 0. The molecule has 0 saturated carbocycles. The quantitative estimate of drug-likeness (QED) is 0.341. The average Bonchev–Trinajstić information content (AvgIpc) is 3.28. The van der Waals surface area contributed by atoms with E-state index in [0.29, 0.717) is 0 Å². The first-order chi connectivity index (χ1) is 15.4. The maximum Gasteiger partial charge on any atom is 0.446 e. The van der Waals surface area contributed by atoms with Crippen molar-refractivity contribution in [2.45, 2.75) is 6.61 Å². The lowest BCUT2D eigenvalue weighted by Crippen LogP contribution is -2.17. The molecule has 0 atom stereocenters. The summed E-state index contributed by atoms with van der Waals surface area (Å²) in [5.74, 6) is -2.11. The van der Waals surface area contributed by atoms with Crippen molar-refractivity contribution in [3.05, 3.63) is 57.7 Å². The van der Waals surface area contributed by atoms with Gasteiger partial charge in [0.25, 0.3) is 10.1 Å². The van der Waals surface area contributed by atoms with E-state index in [-0.39, 0.29) is 39.1 Å². The molecule has 3 aromatic heterocycles. The van der Waals surface area contributed by atoms with Gasteiger partial charge in [-0.2, -0.15) is 8.42 Å². The molecule has 12 nitrogen and oxygen atoms in total. The first-order valence-corrected chi connectivity index (χ1v) is 12.9. The lowest BCUT2D eigenvalue weighted by atomic mass is 10.2. The number of halogens is 2. The van der Waals surface area contributed by atoms with E-state index >= 15 is 0 Å². The molecular weight excluding hydrogens is 505 g/mol. The molecule has 16 heteroatoms. The van der Waals surface area contributed by atoms with Crippen molar-refractivity contribution >= 4 is 42.9 Å².